The number of carbonyl (C=O) groups excluding carboxylic acids is 3. The molecule has 4 nitrogen and oxygen atoms in total. The van der Waals surface area contributed by atoms with Crippen molar-refractivity contribution >= 4 is 44.9 Å². The number of hydrogen-bond acceptors (Lipinski definition) is 4. The van der Waals surface area contributed by atoms with Crippen LogP contribution in [0.3, 0.4) is 0 Å². The average Bonchev–Trinajstić information content (AvgIpc) is 3.13. The molecule has 6 heteroatoms. The van der Waals surface area contributed by atoms with E-state index >= 15 is 0 Å². The zero-order chi connectivity index (χ0) is 15.1. The van der Waals surface area contributed by atoms with Gasteiger partial charge in [0.2, 0.25) is 11.8 Å². The molecule has 3 rings (SSSR count). The van der Waals surface area contributed by atoms with Crippen molar-refractivity contribution in [1.29, 1.82) is 0 Å². The van der Waals surface area contributed by atoms with Gasteiger partial charge in [-0.05, 0) is 46.8 Å². The highest BCUT2D eigenvalue weighted by atomic mass is 79.9. The molecular weight excluding hydrogens is 354 g/mol. The van der Waals surface area contributed by atoms with E-state index in [-0.39, 0.29) is 36.0 Å². The Morgan fingerprint density at radius 3 is 2.38 bits per heavy atom. The van der Waals surface area contributed by atoms with Crippen LogP contribution in [0, 0.1) is 17.8 Å². The van der Waals surface area contributed by atoms with Crippen molar-refractivity contribution < 1.29 is 14.4 Å². The zero-order valence-electron chi connectivity index (χ0n) is 11.7. The third-order valence-corrected chi connectivity index (χ3v) is 6.22. The summed E-state index contributed by atoms with van der Waals surface area (Å²) in [6.07, 6.45) is 2.59. The Balaban J connectivity index is 1.72. The van der Waals surface area contributed by atoms with E-state index < -0.39 is 0 Å². The maximum atomic E-state index is 12.4. The highest BCUT2D eigenvalue weighted by Crippen LogP contribution is 2.44. The first-order chi connectivity index (χ1) is 10.0. The summed E-state index contributed by atoms with van der Waals surface area (Å²) >= 11 is 4.63. The van der Waals surface area contributed by atoms with E-state index in [0.29, 0.717) is 10.8 Å². The smallest absolute Gasteiger partial charge is 0.233 e. The van der Waals surface area contributed by atoms with Crippen LogP contribution in [0.5, 0.6) is 0 Å². The van der Waals surface area contributed by atoms with Crippen molar-refractivity contribution in [1.82, 2.24) is 4.90 Å². The molecule has 2 fully saturated rings. The summed E-state index contributed by atoms with van der Waals surface area (Å²) in [6.45, 7) is 1.98. The summed E-state index contributed by atoms with van der Waals surface area (Å²) in [7, 11) is 0. The molecule has 2 atom stereocenters. The predicted molar refractivity (Wildman–Crippen MR) is 83.1 cm³/mol. The second-order valence-corrected chi connectivity index (χ2v) is 8.21. The first kappa shape index (κ1) is 14.9. The van der Waals surface area contributed by atoms with Crippen LogP contribution < -0.4 is 0 Å². The number of ketones is 1. The van der Waals surface area contributed by atoms with Crippen LogP contribution in [-0.4, -0.2) is 29.0 Å². The fraction of sp³-hybridized carbons (Fsp3) is 0.533. The van der Waals surface area contributed by atoms with Gasteiger partial charge in [-0.2, -0.15) is 0 Å². The molecule has 1 saturated carbocycles. The van der Waals surface area contributed by atoms with Gasteiger partial charge in [0.15, 0.2) is 5.78 Å². The van der Waals surface area contributed by atoms with Gasteiger partial charge in [0.1, 0.15) is 0 Å². The molecule has 2 amide bonds. The van der Waals surface area contributed by atoms with E-state index in [4.69, 9.17) is 0 Å². The summed E-state index contributed by atoms with van der Waals surface area (Å²) in [5.41, 5.74) is 0. The maximum Gasteiger partial charge on any atom is 0.233 e. The highest BCUT2D eigenvalue weighted by Gasteiger charge is 2.52. The number of halogens is 1. The van der Waals surface area contributed by atoms with Crippen LogP contribution in [0.15, 0.2) is 15.9 Å². The van der Waals surface area contributed by atoms with Crippen LogP contribution in [0.4, 0.5) is 0 Å². The van der Waals surface area contributed by atoms with E-state index in [1.54, 1.807) is 12.1 Å². The van der Waals surface area contributed by atoms with E-state index in [1.807, 2.05) is 0 Å². The second kappa shape index (κ2) is 5.65. The molecule has 1 saturated heterocycles. The third-order valence-electron chi connectivity index (χ3n) is 4.55. The maximum absolute atomic E-state index is 12.4. The first-order valence-corrected chi connectivity index (χ1v) is 8.76. The van der Waals surface area contributed by atoms with Crippen LogP contribution in [0.2, 0.25) is 0 Å². The molecule has 0 bridgehead atoms. The van der Waals surface area contributed by atoms with Crippen LogP contribution in [-0.2, 0) is 9.59 Å². The average molecular weight is 370 g/mol. The van der Waals surface area contributed by atoms with Crippen molar-refractivity contribution in [3.05, 3.63) is 20.8 Å². The lowest BCUT2D eigenvalue weighted by Crippen LogP contribution is -2.36. The normalized spacial score (nSPS) is 28.3. The van der Waals surface area contributed by atoms with Gasteiger partial charge < -0.3 is 0 Å². The molecule has 0 aromatic carbocycles. The van der Waals surface area contributed by atoms with Gasteiger partial charge in [-0.1, -0.05) is 13.3 Å². The van der Waals surface area contributed by atoms with E-state index in [9.17, 15) is 14.4 Å². The molecule has 21 heavy (non-hydrogen) atoms. The summed E-state index contributed by atoms with van der Waals surface area (Å²) in [5.74, 6) is -0.371. The van der Waals surface area contributed by atoms with Gasteiger partial charge in [0.25, 0.3) is 0 Å². The van der Waals surface area contributed by atoms with Crippen LogP contribution in [0.25, 0.3) is 0 Å². The van der Waals surface area contributed by atoms with Gasteiger partial charge in [-0.25, -0.2) is 0 Å². The highest BCUT2D eigenvalue weighted by molar-refractivity contribution is 9.11. The minimum absolute atomic E-state index is 0.117. The monoisotopic (exact) mass is 369 g/mol. The van der Waals surface area contributed by atoms with Crippen LogP contribution >= 0.6 is 27.3 Å². The van der Waals surface area contributed by atoms with Crippen molar-refractivity contribution in [2.75, 3.05) is 6.54 Å². The fourth-order valence-electron chi connectivity index (χ4n) is 3.37. The summed E-state index contributed by atoms with van der Waals surface area (Å²) in [4.78, 5) is 38.7. The van der Waals surface area contributed by atoms with E-state index in [2.05, 4.69) is 22.9 Å². The van der Waals surface area contributed by atoms with Gasteiger partial charge in [0, 0.05) is 0 Å². The van der Waals surface area contributed by atoms with Gasteiger partial charge in [-0.15, -0.1) is 11.3 Å². The quantitative estimate of drug-likeness (QED) is 0.605. The van der Waals surface area contributed by atoms with Crippen molar-refractivity contribution in [2.24, 2.45) is 17.8 Å². The number of thiophene rings is 1. The molecule has 112 valence electrons. The first-order valence-electron chi connectivity index (χ1n) is 7.15. The molecule has 0 N–H and O–H groups in total. The Morgan fingerprint density at radius 1 is 1.29 bits per heavy atom. The Labute approximate surface area is 135 Å². The van der Waals surface area contributed by atoms with Crippen molar-refractivity contribution in [3.8, 4) is 0 Å². The minimum atomic E-state index is -0.190. The van der Waals surface area contributed by atoms with Gasteiger partial charge in [-0.3, -0.25) is 19.3 Å². The number of rotatable bonds is 4. The van der Waals surface area contributed by atoms with E-state index in [1.165, 1.54) is 16.2 Å². The molecule has 0 spiro atoms. The Kier molecular flexibility index (Phi) is 4.01. The molecule has 1 aromatic heterocycles. The molecule has 1 aliphatic heterocycles. The molecule has 1 aromatic rings. The molecule has 0 radical (unpaired) electrons. The van der Waals surface area contributed by atoms with Crippen molar-refractivity contribution in [3.63, 3.8) is 0 Å². The zero-order valence-corrected chi connectivity index (χ0v) is 14.1. The number of amides is 2. The number of fused-ring (bicyclic) bond motifs is 1. The SMILES string of the molecule is CCC1CC2C(=O)N(CC(=O)c3ccc(Br)s3)C(=O)C2C1. The van der Waals surface area contributed by atoms with Gasteiger partial charge in [0.05, 0.1) is 27.0 Å². The topological polar surface area (TPSA) is 54.5 Å². The number of imide groups is 1. The lowest BCUT2D eigenvalue weighted by molar-refractivity contribution is -0.139. The lowest BCUT2D eigenvalue weighted by atomic mass is 10.00. The summed E-state index contributed by atoms with van der Waals surface area (Å²) in [6, 6.07) is 3.52. The molecule has 2 unspecified atom stereocenters. The fourth-order valence-corrected chi connectivity index (χ4v) is 4.69. The number of hydrogen-bond donors (Lipinski definition) is 0. The number of carbonyl (C=O) groups is 3. The largest absolute Gasteiger partial charge is 0.291 e. The molecular formula is C15H16BrNO3S. The Morgan fingerprint density at radius 2 is 1.90 bits per heavy atom. The Hall–Kier alpha value is -1.01. The Bertz CT molecular complexity index is 588. The second-order valence-electron chi connectivity index (χ2n) is 5.75. The van der Waals surface area contributed by atoms with E-state index in [0.717, 1.165) is 23.0 Å². The third kappa shape index (κ3) is 2.59. The number of Topliss-reactive ketones (excluding diaryl/α,β-unsaturated/α-hetero) is 1. The van der Waals surface area contributed by atoms with Gasteiger partial charge >= 0.3 is 0 Å². The number of likely N-dealkylation sites (tertiary alicyclic amines) is 1. The molecule has 2 heterocycles. The summed E-state index contributed by atoms with van der Waals surface area (Å²) in [5, 5.41) is 0. The molecule has 1 aliphatic carbocycles. The number of nitrogens with zero attached hydrogens (tertiary/aromatic N) is 1. The lowest BCUT2D eigenvalue weighted by Gasteiger charge is -2.16. The molecule has 2 aliphatic rings. The predicted octanol–water partition coefficient (Wildman–Crippen LogP) is 3.11. The standard InChI is InChI=1S/C15H16BrNO3S/c1-2-8-5-9-10(6-8)15(20)17(14(9)19)7-11(18)12-3-4-13(16)21-12/h3-4,8-10H,2,5-7H2,1H3. The van der Waals surface area contributed by atoms with Crippen molar-refractivity contribution in [2.45, 2.75) is 26.2 Å². The minimum Gasteiger partial charge on any atom is -0.291 e. The van der Waals surface area contributed by atoms with Crippen LogP contribution in [0.1, 0.15) is 35.9 Å². The summed E-state index contributed by atoms with van der Waals surface area (Å²) < 4.78 is 0.868.